The van der Waals surface area contributed by atoms with E-state index in [9.17, 15) is 24.0 Å². The van der Waals surface area contributed by atoms with Crippen LogP contribution in [0.2, 0.25) is 0 Å². The second kappa shape index (κ2) is 11.3. The van der Waals surface area contributed by atoms with Crippen molar-refractivity contribution >= 4 is 35.4 Å². The van der Waals surface area contributed by atoms with Crippen molar-refractivity contribution in [3.63, 3.8) is 0 Å². The molecule has 0 bridgehead atoms. The van der Waals surface area contributed by atoms with Crippen molar-refractivity contribution in [2.75, 3.05) is 7.05 Å². The second-order valence-corrected chi connectivity index (χ2v) is 7.20. The quantitative estimate of drug-likeness (QED) is 0.156. The van der Waals surface area contributed by atoms with Crippen LogP contribution in [0.4, 0.5) is 0 Å². The molecule has 0 spiro atoms. The van der Waals surface area contributed by atoms with Crippen LogP contribution < -0.4 is 22.1 Å². The third-order valence-corrected chi connectivity index (χ3v) is 4.73. The van der Waals surface area contributed by atoms with E-state index in [1.807, 2.05) is 5.32 Å². The first-order chi connectivity index (χ1) is 16.0. The first-order valence-corrected chi connectivity index (χ1v) is 9.91. The second-order valence-electron chi connectivity index (χ2n) is 7.20. The molecule has 4 amide bonds. The minimum absolute atomic E-state index is 0.157. The number of carboxylic acid groups (broad SMARTS) is 1. The molecule has 0 aliphatic heterocycles. The Hall–Kier alpha value is -4.58. The summed E-state index contributed by atoms with van der Waals surface area (Å²) in [7, 11) is 1.25. The van der Waals surface area contributed by atoms with E-state index in [4.69, 9.17) is 22.0 Å². The van der Waals surface area contributed by atoms with Crippen molar-refractivity contribution in [2.24, 2.45) is 11.5 Å². The van der Waals surface area contributed by atoms with Gasteiger partial charge >= 0.3 is 5.97 Å². The van der Waals surface area contributed by atoms with Gasteiger partial charge in [-0.2, -0.15) is 0 Å². The lowest BCUT2D eigenvalue weighted by Gasteiger charge is -2.26. The van der Waals surface area contributed by atoms with Crippen molar-refractivity contribution in [2.45, 2.75) is 18.6 Å². The highest BCUT2D eigenvalue weighted by Crippen LogP contribution is 2.08. The van der Waals surface area contributed by atoms with Gasteiger partial charge in [0, 0.05) is 23.7 Å². The van der Waals surface area contributed by atoms with Gasteiger partial charge in [-0.1, -0.05) is 30.3 Å². The fourth-order valence-electron chi connectivity index (χ4n) is 2.80. The van der Waals surface area contributed by atoms with E-state index in [2.05, 4.69) is 5.32 Å². The first kappa shape index (κ1) is 25.7. The van der Waals surface area contributed by atoms with E-state index < -0.39 is 48.2 Å². The molecular formula is C22H24N6O6. The molecule has 0 aliphatic carbocycles. The Labute approximate surface area is 194 Å². The van der Waals surface area contributed by atoms with E-state index in [1.54, 1.807) is 18.2 Å². The molecule has 2 atom stereocenters. The highest BCUT2D eigenvalue weighted by Gasteiger charge is 2.30. The molecule has 1 unspecified atom stereocenters. The number of rotatable bonds is 9. The maximum Gasteiger partial charge on any atom is 0.305 e. The van der Waals surface area contributed by atoms with Crippen molar-refractivity contribution in [3.8, 4) is 0 Å². The van der Waals surface area contributed by atoms with Gasteiger partial charge in [0.25, 0.3) is 17.7 Å². The molecular weight excluding hydrogens is 444 g/mol. The summed E-state index contributed by atoms with van der Waals surface area (Å²) in [6.07, 6.45) is -2.40. The predicted molar refractivity (Wildman–Crippen MR) is 121 cm³/mol. The lowest BCUT2D eigenvalue weighted by Crippen LogP contribution is -2.58. The highest BCUT2D eigenvalue weighted by molar-refractivity contribution is 6.07. The van der Waals surface area contributed by atoms with Crippen LogP contribution in [-0.2, 0) is 14.4 Å². The Morgan fingerprint density at radius 3 is 2.03 bits per heavy atom. The van der Waals surface area contributed by atoms with Crippen LogP contribution in [0.5, 0.6) is 0 Å². The summed E-state index contributed by atoms with van der Waals surface area (Å²) >= 11 is 0. The van der Waals surface area contributed by atoms with Gasteiger partial charge in [-0.15, -0.1) is 0 Å². The van der Waals surface area contributed by atoms with Crippen LogP contribution in [0.15, 0.2) is 54.6 Å². The van der Waals surface area contributed by atoms with Gasteiger partial charge < -0.3 is 26.8 Å². The number of carboxylic acids is 1. The number of carbonyl (C=O) groups is 5. The summed E-state index contributed by atoms with van der Waals surface area (Å²) in [4.78, 5) is 62.0. The molecule has 0 saturated carbocycles. The molecule has 34 heavy (non-hydrogen) atoms. The standard InChI is InChI=1S/C22H24N6O6/c1-28(22(34)14-9-7-12(8-10-14)17(23)24)18(25)21(33)26-15(11-16(29)30)20(32)27-19(31)13-5-3-2-4-6-13/h2-10,15,18H,11,25H2,1H3,(H3,23,24)(H,26,33)(H,29,30)(H,27,31,32)/t15-,18?/m0/s1. The number of amides is 4. The molecule has 2 rings (SSSR count). The van der Waals surface area contributed by atoms with Crippen LogP contribution >= 0.6 is 0 Å². The minimum Gasteiger partial charge on any atom is -0.481 e. The van der Waals surface area contributed by atoms with Crippen molar-refractivity contribution in [1.29, 1.82) is 5.41 Å². The normalized spacial score (nSPS) is 12.1. The first-order valence-electron chi connectivity index (χ1n) is 9.91. The van der Waals surface area contributed by atoms with E-state index in [-0.39, 0.29) is 17.0 Å². The number of imide groups is 1. The van der Waals surface area contributed by atoms with E-state index >= 15 is 0 Å². The molecule has 0 aliphatic rings. The number of carbonyl (C=O) groups excluding carboxylic acids is 4. The monoisotopic (exact) mass is 468 g/mol. The number of nitrogens with zero attached hydrogens (tertiary/aromatic N) is 1. The zero-order valence-electron chi connectivity index (χ0n) is 18.1. The summed E-state index contributed by atoms with van der Waals surface area (Å²) < 4.78 is 0. The van der Waals surface area contributed by atoms with Crippen molar-refractivity contribution < 1.29 is 29.1 Å². The minimum atomic E-state index is -1.62. The smallest absolute Gasteiger partial charge is 0.305 e. The van der Waals surface area contributed by atoms with Crippen LogP contribution in [0.25, 0.3) is 0 Å². The van der Waals surface area contributed by atoms with Crippen molar-refractivity contribution in [1.82, 2.24) is 15.5 Å². The van der Waals surface area contributed by atoms with Gasteiger partial charge in [0.2, 0.25) is 5.91 Å². The fourth-order valence-corrected chi connectivity index (χ4v) is 2.80. The van der Waals surface area contributed by atoms with Gasteiger partial charge in [-0.25, -0.2) is 0 Å². The van der Waals surface area contributed by atoms with Gasteiger partial charge in [0.05, 0.1) is 6.42 Å². The van der Waals surface area contributed by atoms with E-state index in [0.717, 1.165) is 4.90 Å². The summed E-state index contributed by atoms with van der Waals surface area (Å²) in [6.45, 7) is 0. The summed E-state index contributed by atoms with van der Waals surface area (Å²) in [5, 5.41) is 20.7. The third-order valence-electron chi connectivity index (χ3n) is 4.73. The lowest BCUT2D eigenvalue weighted by atomic mass is 10.1. The average Bonchev–Trinajstić information content (AvgIpc) is 2.82. The lowest BCUT2D eigenvalue weighted by molar-refractivity contribution is -0.140. The summed E-state index contributed by atoms with van der Waals surface area (Å²) in [6, 6.07) is 11.8. The number of hydrogen-bond acceptors (Lipinski definition) is 7. The molecule has 0 heterocycles. The zero-order valence-corrected chi connectivity index (χ0v) is 18.1. The van der Waals surface area contributed by atoms with E-state index in [1.165, 1.54) is 43.4 Å². The Balaban J connectivity index is 2.08. The maximum absolute atomic E-state index is 12.6. The molecule has 178 valence electrons. The number of nitrogens with two attached hydrogens (primary N) is 2. The number of nitrogen functional groups attached to an aromatic ring is 1. The maximum atomic E-state index is 12.6. The third kappa shape index (κ3) is 6.71. The summed E-state index contributed by atoms with van der Waals surface area (Å²) in [5.41, 5.74) is 11.9. The topological polar surface area (TPSA) is 209 Å². The number of nitrogens with one attached hydrogen (secondary N) is 3. The van der Waals surface area contributed by atoms with Crippen LogP contribution in [0.3, 0.4) is 0 Å². The molecule has 2 aromatic carbocycles. The number of likely N-dealkylation sites (N-methyl/N-ethyl adjacent to an activating group) is 1. The number of hydrogen-bond donors (Lipinski definition) is 6. The van der Waals surface area contributed by atoms with Gasteiger partial charge in [0.15, 0.2) is 6.17 Å². The SMILES string of the molecule is CN(C(=O)c1ccc(C(=N)N)cc1)C(N)C(=O)N[C@@H](CC(=O)O)C(=O)NC(=O)c1ccccc1. The average molecular weight is 468 g/mol. The Morgan fingerprint density at radius 1 is 0.941 bits per heavy atom. The zero-order chi connectivity index (χ0) is 25.4. The molecule has 0 aromatic heterocycles. The highest BCUT2D eigenvalue weighted by atomic mass is 16.4. The van der Waals surface area contributed by atoms with Crippen LogP contribution in [0, 0.1) is 5.41 Å². The van der Waals surface area contributed by atoms with Crippen LogP contribution in [0.1, 0.15) is 32.7 Å². The molecule has 0 fully saturated rings. The van der Waals surface area contributed by atoms with Gasteiger partial charge in [-0.3, -0.25) is 34.7 Å². The predicted octanol–water partition coefficient (Wildman–Crippen LogP) is -0.756. The Bertz CT molecular complexity index is 1100. The molecule has 12 nitrogen and oxygen atoms in total. The number of amidine groups is 1. The Morgan fingerprint density at radius 2 is 1.50 bits per heavy atom. The molecule has 0 radical (unpaired) electrons. The van der Waals surface area contributed by atoms with E-state index in [0.29, 0.717) is 5.56 Å². The Kier molecular flexibility index (Phi) is 8.56. The largest absolute Gasteiger partial charge is 0.481 e. The summed E-state index contributed by atoms with van der Waals surface area (Å²) in [5.74, 6) is -5.07. The molecule has 8 N–H and O–H groups in total. The number of aliphatic carboxylic acids is 1. The fraction of sp³-hybridized carbons (Fsp3) is 0.182. The molecule has 12 heteroatoms. The van der Waals surface area contributed by atoms with Crippen molar-refractivity contribution in [3.05, 3.63) is 71.3 Å². The molecule has 2 aromatic rings. The number of benzene rings is 2. The molecule has 0 saturated heterocycles. The van der Waals surface area contributed by atoms with Gasteiger partial charge in [0.1, 0.15) is 11.9 Å². The van der Waals surface area contributed by atoms with Gasteiger partial charge in [-0.05, 0) is 24.3 Å². The van der Waals surface area contributed by atoms with Crippen LogP contribution in [-0.4, -0.2) is 64.7 Å².